The zero-order valence-corrected chi connectivity index (χ0v) is 9.81. The third-order valence-corrected chi connectivity index (χ3v) is 3.06. The van der Waals surface area contributed by atoms with Gasteiger partial charge in [0.1, 0.15) is 0 Å². The molecule has 1 aromatic rings. The molecule has 1 aliphatic heterocycles. The molecule has 1 saturated heterocycles. The molecule has 3 atom stereocenters. The summed E-state index contributed by atoms with van der Waals surface area (Å²) in [6, 6.07) is 8.71. The van der Waals surface area contributed by atoms with Crippen LogP contribution in [0.15, 0.2) is 24.3 Å². The number of nitrogens with one attached hydrogen (secondary N) is 1. The summed E-state index contributed by atoms with van der Waals surface area (Å²) in [5.74, 6) is 0. The lowest BCUT2D eigenvalue weighted by Gasteiger charge is -2.21. The van der Waals surface area contributed by atoms with Gasteiger partial charge in [-0.25, -0.2) is 0 Å². The lowest BCUT2D eigenvalue weighted by molar-refractivity contribution is 0.121. The van der Waals surface area contributed by atoms with Crippen molar-refractivity contribution >= 4 is 0 Å². The van der Waals surface area contributed by atoms with Crippen molar-refractivity contribution in [2.75, 3.05) is 13.2 Å². The molecule has 0 aliphatic carbocycles. The van der Waals surface area contributed by atoms with Gasteiger partial charge in [0.15, 0.2) is 0 Å². The lowest BCUT2D eigenvalue weighted by Crippen LogP contribution is -2.40. The van der Waals surface area contributed by atoms with Crippen LogP contribution in [0.25, 0.3) is 0 Å². The molecule has 2 rings (SSSR count). The molecule has 0 spiro atoms. The number of aliphatic hydroxyl groups is 1. The summed E-state index contributed by atoms with van der Waals surface area (Å²) in [4.78, 5) is 0. The van der Waals surface area contributed by atoms with E-state index in [2.05, 4.69) is 43.4 Å². The van der Waals surface area contributed by atoms with Crippen LogP contribution in [-0.2, 0) is 4.74 Å². The highest BCUT2D eigenvalue weighted by atomic mass is 16.5. The fourth-order valence-corrected chi connectivity index (χ4v) is 2.06. The molecule has 1 fully saturated rings. The van der Waals surface area contributed by atoms with Crippen LogP contribution in [0.1, 0.15) is 24.1 Å². The summed E-state index contributed by atoms with van der Waals surface area (Å²) in [5, 5.41) is 13.0. The van der Waals surface area contributed by atoms with Crippen molar-refractivity contribution in [3.63, 3.8) is 0 Å². The zero-order chi connectivity index (χ0) is 11.5. The van der Waals surface area contributed by atoms with Gasteiger partial charge in [-0.05, 0) is 19.4 Å². The van der Waals surface area contributed by atoms with E-state index < -0.39 is 0 Å². The number of hydrogen-bond acceptors (Lipinski definition) is 3. The van der Waals surface area contributed by atoms with Crippen LogP contribution in [-0.4, -0.2) is 30.5 Å². The smallest absolute Gasteiger partial charge is 0.0948 e. The number of benzene rings is 1. The highest BCUT2D eigenvalue weighted by molar-refractivity contribution is 5.24. The first-order chi connectivity index (χ1) is 7.66. The summed E-state index contributed by atoms with van der Waals surface area (Å²) >= 11 is 0. The molecule has 3 unspecified atom stereocenters. The molecular weight excluding hydrogens is 202 g/mol. The minimum Gasteiger partial charge on any atom is -0.389 e. The maximum Gasteiger partial charge on any atom is 0.0948 e. The zero-order valence-electron chi connectivity index (χ0n) is 9.81. The average Bonchev–Trinajstić information content (AvgIpc) is 2.64. The highest BCUT2D eigenvalue weighted by Gasteiger charge is 2.27. The topological polar surface area (TPSA) is 41.5 Å². The first kappa shape index (κ1) is 11.6. The van der Waals surface area contributed by atoms with Gasteiger partial charge >= 0.3 is 0 Å². The summed E-state index contributed by atoms with van der Waals surface area (Å²) in [5.41, 5.74) is 2.51. The molecule has 0 radical (unpaired) electrons. The molecule has 16 heavy (non-hydrogen) atoms. The SMILES string of the molecule is Cc1cccc(C(C)NC2COCC2O)c1. The Hall–Kier alpha value is -0.900. The number of hydrogen-bond donors (Lipinski definition) is 2. The van der Waals surface area contributed by atoms with Gasteiger partial charge in [-0.1, -0.05) is 29.8 Å². The van der Waals surface area contributed by atoms with Crippen LogP contribution in [0.3, 0.4) is 0 Å². The minimum atomic E-state index is -0.382. The normalized spacial score (nSPS) is 26.9. The second-order valence-corrected chi connectivity index (χ2v) is 4.51. The van der Waals surface area contributed by atoms with E-state index >= 15 is 0 Å². The Kier molecular flexibility index (Phi) is 3.59. The van der Waals surface area contributed by atoms with Crippen LogP contribution in [0.4, 0.5) is 0 Å². The summed E-state index contributed by atoms with van der Waals surface area (Å²) in [6.45, 7) is 5.24. The molecule has 1 aromatic carbocycles. The van der Waals surface area contributed by atoms with Crippen molar-refractivity contribution in [3.05, 3.63) is 35.4 Å². The van der Waals surface area contributed by atoms with Gasteiger partial charge in [-0.15, -0.1) is 0 Å². The molecule has 3 nitrogen and oxygen atoms in total. The summed E-state index contributed by atoms with van der Waals surface area (Å²) in [6.07, 6.45) is -0.382. The quantitative estimate of drug-likeness (QED) is 0.810. The van der Waals surface area contributed by atoms with Crippen molar-refractivity contribution in [2.24, 2.45) is 0 Å². The molecule has 1 aliphatic rings. The fourth-order valence-electron chi connectivity index (χ4n) is 2.06. The van der Waals surface area contributed by atoms with E-state index in [9.17, 15) is 5.11 Å². The molecule has 0 bridgehead atoms. The van der Waals surface area contributed by atoms with Crippen molar-refractivity contribution in [2.45, 2.75) is 32.0 Å². The van der Waals surface area contributed by atoms with Gasteiger partial charge < -0.3 is 15.2 Å². The Morgan fingerprint density at radius 1 is 1.44 bits per heavy atom. The molecule has 3 heteroatoms. The van der Waals surface area contributed by atoms with E-state index in [0.717, 1.165) is 0 Å². The van der Waals surface area contributed by atoms with Gasteiger partial charge in [0.05, 0.1) is 25.4 Å². The fraction of sp³-hybridized carbons (Fsp3) is 0.538. The third-order valence-electron chi connectivity index (χ3n) is 3.06. The van der Waals surface area contributed by atoms with E-state index in [0.29, 0.717) is 13.2 Å². The monoisotopic (exact) mass is 221 g/mol. The molecular formula is C13H19NO2. The molecule has 0 saturated carbocycles. The van der Waals surface area contributed by atoms with Crippen LogP contribution in [0, 0.1) is 6.92 Å². The van der Waals surface area contributed by atoms with Crippen LogP contribution >= 0.6 is 0 Å². The van der Waals surface area contributed by atoms with Crippen molar-refractivity contribution in [1.29, 1.82) is 0 Å². The Labute approximate surface area is 96.4 Å². The predicted octanol–water partition coefficient (Wildman–Crippen LogP) is 1.41. The molecule has 0 amide bonds. The minimum absolute atomic E-state index is 0.0514. The number of aryl methyl sites for hydroxylation is 1. The van der Waals surface area contributed by atoms with Gasteiger partial charge in [0.2, 0.25) is 0 Å². The Bertz CT molecular complexity index is 354. The van der Waals surface area contributed by atoms with Gasteiger partial charge in [-0.2, -0.15) is 0 Å². The molecule has 1 heterocycles. The van der Waals surface area contributed by atoms with Crippen LogP contribution in [0.5, 0.6) is 0 Å². The molecule has 88 valence electrons. The Balaban J connectivity index is 1.99. The predicted molar refractivity (Wildman–Crippen MR) is 63.3 cm³/mol. The third kappa shape index (κ3) is 2.61. The number of aliphatic hydroxyl groups excluding tert-OH is 1. The molecule has 0 aromatic heterocycles. The van der Waals surface area contributed by atoms with Crippen molar-refractivity contribution < 1.29 is 9.84 Å². The number of ether oxygens (including phenoxy) is 1. The van der Waals surface area contributed by atoms with Crippen molar-refractivity contribution in [1.82, 2.24) is 5.32 Å². The Morgan fingerprint density at radius 2 is 2.25 bits per heavy atom. The average molecular weight is 221 g/mol. The standard InChI is InChI=1S/C13H19NO2/c1-9-4-3-5-11(6-9)10(2)14-12-7-16-8-13(12)15/h3-6,10,12-15H,7-8H2,1-2H3. The van der Waals surface area contributed by atoms with Gasteiger partial charge in [-0.3, -0.25) is 0 Å². The van der Waals surface area contributed by atoms with E-state index in [1.807, 2.05) is 0 Å². The van der Waals surface area contributed by atoms with Gasteiger partial charge in [0.25, 0.3) is 0 Å². The summed E-state index contributed by atoms with van der Waals surface area (Å²) in [7, 11) is 0. The van der Waals surface area contributed by atoms with E-state index in [1.54, 1.807) is 0 Å². The number of rotatable bonds is 3. The summed E-state index contributed by atoms with van der Waals surface area (Å²) < 4.78 is 5.22. The van der Waals surface area contributed by atoms with Crippen LogP contribution < -0.4 is 5.32 Å². The second-order valence-electron chi connectivity index (χ2n) is 4.51. The van der Waals surface area contributed by atoms with Crippen LogP contribution in [0.2, 0.25) is 0 Å². The largest absolute Gasteiger partial charge is 0.389 e. The second kappa shape index (κ2) is 4.95. The maximum absolute atomic E-state index is 9.65. The van der Waals surface area contributed by atoms with E-state index in [-0.39, 0.29) is 18.2 Å². The van der Waals surface area contributed by atoms with E-state index in [1.165, 1.54) is 11.1 Å². The van der Waals surface area contributed by atoms with E-state index in [4.69, 9.17) is 4.74 Å². The van der Waals surface area contributed by atoms with Crippen molar-refractivity contribution in [3.8, 4) is 0 Å². The first-order valence-corrected chi connectivity index (χ1v) is 5.75. The Morgan fingerprint density at radius 3 is 2.88 bits per heavy atom. The lowest BCUT2D eigenvalue weighted by atomic mass is 10.0. The molecule has 2 N–H and O–H groups in total. The maximum atomic E-state index is 9.65. The first-order valence-electron chi connectivity index (χ1n) is 5.75. The highest BCUT2D eigenvalue weighted by Crippen LogP contribution is 2.16. The van der Waals surface area contributed by atoms with Gasteiger partial charge in [0, 0.05) is 6.04 Å².